The standard InChI is InChI=1S/C17H27ClN2/c1-11-8-12(2)14(4)20(10-11)17(13(3)19)15-6-5-7-16(18)9-15/h5-7,9,11-14,17H,8,10,19H2,1-4H3. The van der Waals surface area contributed by atoms with Crippen LogP contribution >= 0.6 is 11.6 Å². The van der Waals surface area contributed by atoms with Crippen molar-refractivity contribution in [2.45, 2.75) is 52.2 Å². The molecule has 2 N–H and O–H groups in total. The van der Waals surface area contributed by atoms with Gasteiger partial charge in [0.2, 0.25) is 0 Å². The Bertz CT molecular complexity index is 446. The topological polar surface area (TPSA) is 29.3 Å². The first-order valence-electron chi connectivity index (χ1n) is 7.67. The maximum Gasteiger partial charge on any atom is 0.0500 e. The Morgan fingerprint density at radius 1 is 1.30 bits per heavy atom. The summed E-state index contributed by atoms with van der Waals surface area (Å²) in [5, 5.41) is 0.791. The molecule has 0 radical (unpaired) electrons. The third-order valence-electron chi connectivity index (χ3n) is 4.69. The van der Waals surface area contributed by atoms with Crippen molar-refractivity contribution in [2.24, 2.45) is 17.6 Å². The van der Waals surface area contributed by atoms with Gasteiger partial charge in [-0.2, -0.15) is 0 Å². The molecule has 1 saturated heterocycles. The zero-order valence-electron chi connectivity index (χ0n) is 13.0. The van der Waals surface area contributed by atoms with Crippen molar-refractivity contribution >= 4 is 11.6 Å². The molecule has 3 heteroatoms. The molecule has 112 valence electrons. The molecule has 5 unspecified atom stereocenters. The minimum absolute atomic E-state index is 0.0911. The van der Waals surface area contributed by atoms with E-state index in [0.29, 0.717) is 12.0 Å². The van der Waals surface area contributed by atoms with Crippen molar-refractivity contribution in [3.8, 4) is 0 Å². The van der Waals surface area contributed by atoms with E-state index >= 15 is 0 Å². The van der Waals surface area contributed by atoms with Gasteiger partial charge < -0.3 is 5.73 Å². The van der Waals surface area contributed by atoms with E-state index in [1.807, 2.05) is 12.1 Å². The third-order valence-corrected chi connectivity index (χ3v) is 4.92. The first-order valence-corrected chi connectivity index (χ1v) is 8.04. The number of halogens is 1. The summed E-state index contributed by atoms with van der Waals surface area (Å²) in [6.07, 6.45) is 1.30. The molecule has 2 rings (SSSR count). The number of likely N-dealkylation sites (tertiary alicyclic amines) is 1. The predicted molar refractivity (Wildman–Crippen MR) is 87.0 cm³/mol. The second-order valence-electron chi connectivity index (χ2n) is 6.61. The largest absolute Gasteiger partial charge is 0.326 e. The lowest BCUT2D eigenvalue weighted by Crippen LogP contribution is -2.51. The number of hydrogen-bond acceptors (Lipinski definition) is 2. The molecule has 0 bridgehead atoms. The summed E-state index contributed by atoms with van der Waals surface area (Å²) in [5.41, 5.74) is 7.55. The molecule has 0 aromatic heterocycles. The van der Waals surface area contributed by atoms with E-state index in [1.165, 1.54) is 12.0 Å². The minimum atomic E-state index is 0.0911. The van der Waals surface area contributed by atoms with Gasteiger partial charge in [-0.15, -0.1) is 0 Å². The summed E-state index contributed by atoms with van der Waals surface area (Å²) in [7, 11) is 0. The quantitative estimate of drug-likeness (QED) is 0.909. The third kappa shape index (κ3) is 3.36. The van der Waals surface area contributed by atoms with Gasteiger partial charge in [0.15, 0.2) is 0 Å². The van der Waals surface area contributed by atoms with Crippen LogP contribution in [0.1, 0.15) is 45.7 Å². The van der Waals surface area contributed by atoms with Crippen molar-refractivity contribution in [2.75, 3.05) is 6.54 Å². The monoisotopic (exact) mass is 294 g/mol. The minimum Gasteiger partial charge on any atom is -0.326 e. The highest BCUT2D eigenvalue weighted by Crippen LogP contribution is 2.35. The van der Waals surface area contributed by atoms with Crippen LogP contribution in [0.3, 0.4) is 0 Å². The van der Waals surface area contributed by atoms with Crippen molar-refractivity contribution < 1.29 is 0 Å². The highest BCUT2D eigenvalue weighted by molar-refractivity contribution is 6.30. The number of nitrogens with zero attached hydrogens (tertiary/aromatic N) is 1. The number of hydrogen-bond donors (Lipinski definition) is 1. The summed E-state index contributed by atoms with van der Waals surface area (Å²) in [5.74, 6) is 1.43. The molecule has 5 atom stereocenters. The fourth-order valence-corrected chi connectivity index (χ4v) is 3.81. The van der Waals surface area contributed by atoms with Crippen molar-refractivity contribution in [1.82, 2.24) is 4.90 Å². The predicted octanol–water partition coefficient (Wildman–Crippen LogP) is 4.09. The Balaban J connectivity index is 2.32. The molecule has 1 aliphatic heterocycles. The van der Waals surface area contributed by atoms with E-state index in [0.717, 1.165) is 17.5 Å². The molecule has 0 aliphatic carbocycles. The smallest absolute Gasteiger partial charge is 0.0500 e. The first kappa shape index (κ1) is 15.8. The van der Waals surface area contributed by atoms with Gasteiger partial charge in [-0.05, 0) is 49.8 Å². The summed E-state index contributed by atoms with van der Waals surface area (Å²) in [6.45, 7) is 10.2. The van der Waals surface area contributed by atoms with Gasteiger partial charge in [-0.1, -0.05) is 37.6 Å². The molecule has 2 nitrogen and oxygen atoms in total. The van der Waals surface area contributed by atoms with Gasteiger partial charge in [0.25, 0.3) is 0 Å². The molecule has 0 amide bonds. The molecule has 0 saturated carbocycles. The van der Waals surface area contributed by atoms with Crippen LogP contribution in [0.15, 0.2) is 24.3 Å². The Morgan fingerprint density at radius 2 is 2.00 bits per heavy atom. The van der Waals surface area contributed by atoms with E-state index in [4.69, 9.17) is 17.3 Å². The van der Waals surface area contributed by atoms with E-state index in [9.17, 15) is 0 Å². The molecular weight excluding hydrogens is 268 g/mol. The second kappa shape index (κ2) is 6.46. The molecule has 1 aromatic rings. The van der Waals surface area contributed by atoms with Crippen LogP contribution < -0.4 is 5.73 Å². The van der Waals surface area contributed by atoms with Crippen LogP contribution in [0.2, 0.25) is 5.02 Å². The lowest BCUT2D eigenvalue weighted by Gasteiger charge is -2.46. The van der Waals surface area contributed by atoms with Gasteiger partial charge in [0, 0.05) is 29.7 Å². The molecule has 20 heavy (non-hydrogen) atoms. The molecule has 0 spiro atoms. The van der Waals surface area contributed by atoms with Gasteiger partial charge in [0.05, 0.1) is 0 Å². The average Bonchev–Trinajstić information content (AvgIpc) is 2.35. The summed E-state index contributed by atoms with van der Waals surface area (Å²) >= 11 is 6.17. The lowest BCUT2D eigenvalue weighted by molar-refractivity contribution is 0.0315. The maximum absolute atomic E-state index is 6.32. The normalized spacial score (nSPS) is 31.0. The lowest BCUT2D eigenvalue weighted by atomic mass is 9.83. The van der Waals surface area contributed by atoms with Gasteiger partial charge >= 0.3 is 0 Å². The fourth-order valence-electron chi connectivity index (χ4n) is 3.61. The first-order chi connectivity index (χ1) is 9.40. The zero-order chi connectivity index (χ0) is 14.9. The highest BCUT2D eigenvalue weighted by atomic mass is 35.5. The number of benzene rings is 1. The van der Waals surface area contributed by atoms with Crippen molar-refractivity contribution in [3.63, 3.8) is 0 Å². The zero-order valence-corrected chi connectivity index (χ0v) is 13.8. The van der Waals surface area contributed by atoms with Crippen LogP contribution in [0.5, 0.6) is 0 Å². The Hall–Kier alpha value is -0.570. The van der Waals surface area contributed by atoms with E-state index in [1.54, 1.807) is 0 Å². The second-order valence-corrected chi connectivity index (χ2v) is 7.05. The van der Waals surface area contributed by atoms with Crippen molar-refractivity contribution in [3.05, 3.63) is 34.9 Å². The maximum atomic E-state index is 6.32. The van der Waals surface area contributed by atoms with E-state index in [2.05, 4.69) is 44.7 Å². The number of nitrogens with two attached hydrogens (primary N) is 1. The Morgan fingerprint density at radius 3 is 2.60 bits per heavy atom. The van der Waals surface area contributed by atoms with Gasteiger partial charge in [0.1, 0.15) is 0 Å². The average molecular weight is 295 g/mol. The molecular formula is C17H27ClN2. The van der Waals surface area contributed by atoms with Gasteiger partial charge in [-0.3, -0.25) is 4.90 Å². The number of piperidine rings is 1. The van der Waals surface area contributed by atoms with Crippen molar-refractivity contribution in [1.29, 1.82) is 0 Å². The SMILES string of the molecule is CC1CC(C)C(C)N(C(c2cccc(Cl)c2)C(C)N)C1. The van der Waals surface area contributed by atoms with Crippen LogP contribution in [-0.2, 0) is 0 Å². The molecule has 1 heterocycles. The fraction of sp³-hybridized carbons (Fsp3) is 0.647. The van der Waals surface area contributed by atoms with Crippen LogP contribution in [-0.4, -0.2) is 23.5 Å². The summed E-state index contributed by atoms with van der Waals surface area (Å²) in [4.78, 5) is 2.58. The summed E-state index contributed by atoms with van der Waals surface area (Å²) < 4.78 is 0. The Labute approximate surface area is 128 Å². The Kier molecular flexibility index (Phi) is 5.11. The van der Waals surface area contributed by atoms with Gasteiger partial charge in [-0.25, -0.2) is 0 Å². The summed E-state index contributed by atoms with van der Waals surface area (Å²) in [6, 6.07) is 9.05. The van der Waals surface area contributed by atoms with E-state index in [-0.39, 0.29) is 12.1 Å². The van der Waals surface area contributed by atoms with Crippen LogP contribution in [0.4, 0.5) is 0 Å². The molecule has 1 fully saturated rings. The highest BCUT2D eigenvalue weighted by Gasteiger charge is 2.35. The molecule has 1 aromatic carbocycles. The van der Waals surface area contributed by atoms with E-state index < -0.39 is 0 Å². The number of rotatable bonds is 3. The van der Waals surface area contributed by atoms with Crippen LogP contribution in [0, 0.1) is 11.8 Å². The molecule has 1 aliphatic rings. The van der Waals surface area contributed by atoms with Crippen LogP contribution in [0.25, 0.3) is 0 Å².